The zero-order valence-electron chi connectivity index (χ0n) is 8.35. The fraction of sp³-hybridized carbons (Fsp3) is 0.333. The maximum Gasteiger partial charge on any atom is 0.374 e. The lowest BCUT2D eigenvalue weighted by molar-refractivity contribution is -0.576. The first kappa shape index (κ1) is 12.2. The summed E-state index contributed by atoms with van der Waals surface area (Å²) in [6.45, 7) is -1.82. The second kappa shape index (κ2) is 5.29. The van der Waals surface area contributed by atoms with Gasteiger partial charge in [-0.25, -0.2) is 0 Å². The van der Waals surface area contributed by atoms with Crippen molar-refractivity contribution in [2.24, 2.45) is 10.2 Å². The van der Waals surface area contributed by atoms with E-state index in [4.69, 9.17) is 10.2 Å². The van der Waals surface area contributed by atoms with Crippen molar-refractivity contribution in [3.8, 4) is 0 Å². The second-order valence-electron chi connectivity index (χ2n) is 3.09. The van der Waals surface area contributed by atoms with Crippen LogP contribution in [0, 0.1) is 10.1 Å². The average Bonchev–Trinajstić information content (AvgIpc) is 2.32. The van der Waals surface area contributed by atoms with Crippen molar-refractivity contribution in [1.29, 1.82) is 0 Å². The van der Waals surface area contributed by atoms with Crippen LogP contribution < -0.4 is 0 Å². The molecule has 0 atom stereocenters. The lowest BCUT2D eigenvalue weighted by atomic mass is 10.2. The summed E-state index contributed by atoms with van der Waals surface area (Å²) in [5, 5.41) is 35.4. The van der Waals surface area contributed by atoms with Gasteiger partial charge in [0.25, 0.3) is 0 Å². The van der Waals surface area contributed by atoms with Gasteiger partial charge < -0.3 is 10.2 Å². The Morgan fingerprint density at radius 1 is 1.25 bits per heavy atom. The highest BCUT2D eigenvalue weighted by Gasteiger charge is 2.42. The summed E-state index contributed by atoms with van der Waals surface area (Å²) in [5.41, 5.74) is -1.76. The molecular weight excluding hydrogens is 214 g/mol. The Kier molecular flexibility index (Phi) is 4.03. The van der Waals surface area contributed by atoms with Crippen molar-refractivity contribution in [2.75, 3.05) is 13.2 Å². The Labute approximate surface area is 91.2 Å². The number of hydrogen-bond donors (Lipinski definition) is 2. The van der Waals surface area contributed by atoms with Gasteiger partial charge in [0.05, 0.1) is 10.6 Å². The monoisotopic (exact) mass is 225 g/mol. The number of rotatable bonds is 5. The number of aliphatic hydroxyl groups is 2. The van der Waals surface area contributed by atoms with Gasteiger partial charge in [0, 0.05) is 0 Å². The fourth-order valence-electron chi connectivity index (χ4n) is 0.911. The summed E-state index contributed by atoms with van der Waals surface area (Å²) in [6.07, 6.45) is 0. The zero-order valence-corrected chi connectivity index (χ0v) is 8.35. The first-order valence-electron chi connectivity index (χ1n) is 4.49. The van der Waals surface area contributed by atoms with Crippen LogP contribution in [0.5, 0.6) is 0 Å². The Balaban J connectivity index is 2.92. The molecule has 7 heteroatoms. The van der Waals surface area contributed by atoms with Gasteiger partial charge in [0.15, 0.2) is 0 Å². The number of nitro groups is 1. The molecule has 0 fully saturated rings. The number of azo groups is 1. The van der Waals surface area contributed by atoms with Crippen LogP contribution in [-0.2, 0) is 0 Å². The minimum atomic E-state index is -2.17. The van der Waals surface area contributed by atoms with Crippen molar-refractivity contribution in [3.05, 3.63) is 40.4 Å². The standard InChI is InChI=1S/C9H11N3O4/c13-6-9(7-14,12(15)16)11-10-8-4-2-1-3-5-8/h1-5,13-14H,6-7H2. The van der Waals surface area contributed by atoms with E-state index in [9.17, 15) is 10.1 Å². The molecule has 0 aliphatic rings. The van der Waals surface area contributed by atoms with Crippen molar-refractivity contribution in [2.45, 2.75) is 5.66 Å². The third kappa shape index (κ3) is 2.59. The summed E-state index contributed by atoms with van der Waals surface area (Å²) in [4.78, 5) is 9.77. The molecule has 0 amide bonds. The van der Waals surface area contributed by atoms with Gasteiger partial charge >= 0.3 is 5.66 Å². The number of aliphatic hydroxyl groups excluding tert-OH is 2. The highest BCUT2D eigenvalue weighted by Crippen LogP contribution is 2.17. The van der Waals surface area contributed by atoms with E-state index in [1.807, 2.05) is 0 Å². The van der Waals surface area contributed by atoms with Crippen LogP contribution in [0.15, 0.2) is 40.6 Å². The predicted octanol–water partition coefficient (Wildman–Crippen LogP) is 0.728. The van der Waals surface area contributed by atoms with Crippen LogP contribution in [-0.4, -0.2) is 34.0 Å². The summed E-state index contributed by atoms with van der Waals surface area (Å²) in [5.74, 6) is 0. The van der Waals surface area contributed by atoms with Gasteiger partial charge in [-0.3, -0.25) is 10.1 Å². The third-order valence-corrected chi connectivity index (χ3v) is 1.95. The van der Waals surface area contributed by atoms with Gasteiger partial charge in [-0.05, 0) is 12.1 Å². The summed E-state index contributed by atoms with van der Waals surface area (Å²) >= 11 is 0. The van der Waals surface area contributed by atoms with Crippen molar-refractivity contribution >= 4 is 5.69 Å². The normalized spacial score (nSPS) is 11.9. The minimum absolute atomic E-state index is 0.413. The smallest absolute Gasteiger partial charge is 0.374 e. The summed E-state index contributed by atoms with van der Waals surface area (Å²) in [7, 11) is 0. The SMILES string of the molecule is O=[N+]([O-])C(CO)(CO)N=Nc1ccccc1. The van der Waals surface area contributed by atoms with Gasteiger partial charge in [-0.15, -0.1) is 10.2 Å². The fourth-order valence-corrected chi connectivity index (χ4v) is 0.911. The second-order valence-corrected chi connectivity index (χ2v) is 3.09. The van der Waals surface area contributed by atoms with Crippen LogP contribution in [0.1, 0.15) is 0 Å². The third-order valence-electron chi connectivity index (χ3n) is 1.95. The minimum Gasteiger partial charge on any atom is -0.386 e. The Bertz CT molecular complexity index is 376. The first-order chi connectivity index (χ1) is 7.64. The molecular formula is C9H11N3O4. The van der Waals surface area contributed by atoms with Crippen molar-refractivity contribution in [3.63, 3.8) is 0 Å². The molecule has 0 aromatic heterocycles. The molecule has 1 aromatic rings. The Morgan fingerprint density at radius 3 is 2.25 bits per heavy atom. The van der Waals surface area contributed by atoms with E-state index in [0.29, 0.717) is 5.69 Å². The maximum atomic E-state index is 10.6. The summed E-state index contributed by atoms with van der Waals surface area (Å²) < 4.78 is 0. The van der Waals surface area contributed by atoms with E-state index in [2.05, 4.69) is 10.2 Å². The molecule has 0 bridgehead atoms. The van der Waals surface area contributed by atoms with Gasteiger partial charge in [0.2, 0.25) is 0 Å². The van der Waals surface area contributed by atoms with E-state index in [0.717, 1.165) is 0 Å². The Morgan fingerprint density at radius 2 is 1.81 bits per heavy atom. The van der Waals surface area contributed by atoms with E-state index in [1.54, 1.807) is 30.3 Å². The Hall–Kier alpha value is -1.86. The van der Waals surface area contributed by atoms with Gasteiger partial charge in [-0.1, -0.05) is 18.2 Å². The molecule has 1 aromatic carbocycles. The van der Waals surface area contributed by atoms with Crippen LogP contribution in [0.4, 0.5) is 5.69 Å². The molecule has 0 saturated carbocycles. The number of benzene rings is 1. The molecule has 16 heavy (non-hydrogen) atoms. The van der Waals surface area contributed by atoms with Crippen LogP contribution in [0.25, 0.3) is 0 Å². The number of hydrogen-bond acceptors (Lipinski definition) is 6. The highest BCUT2D eigenvalue weighted by atomic mass is 16.6. The molecule has 0 unspecified atom stereocenters. The maximum absolute atomic E-state index is 10.6. The van der Waals surface area contributed by atoms with E-state index in [-0.39, 0.29) is 0 Å². The molecule has 1 rings (SSSR count). The lowest BCUT2D eigenvalue weighted by Crippen LogP contribution is -2.43. The molecule has 2 N–H and O–H groups in total. The lowest BCUT2D eigenvalue weighted by Gasteiger charge is -2.13. The molecule has 0 radical (unpaired) electrons. The zero-order chi connectivity index (χ0) is 12.0. The van der Waals surface area contributed by atoms with E-state index in [1.165, 1.54) is 0 Å². The van der Waals surface area contributed by atoms with Crippen LogP contribution >= 0.6 is 0 Å². The summed E-state index contributed by atoms with van der Waals surface area (Å²) in [6, 6.07) is 8.35. The topological polar surface area (TPSA) is 108 Å². The van der Waals surface area contributed by atoms with Crippen LogP contribution in [0.3, 0.4) is 0 Å². The van der Waals surface area contributed by atoms with Crippen molar-refractivity contribution < 1.29 is 15.1 Å². The van der Waals surface area contributed by atoms with Crippen LogP contribution in [0.2, 0.25) is 0 Å². The highest BCUT2D eigenvalue weighted by molar-refractivity contribution is 5.34. The average molecular weight is 225 g/mol. The molecule has 0 heterocycles. The largest absolute Gasteiger partial charge is 0.386 e. The molecule has 0 saturated heterocycles. The predicted molar refractivity (Wildman–Crippen MR) is 54.9 cm³/mol. The van der Waals surface area contributed by atoms with E-state index >= 15 is 0 Å². The quantitative estimate of drug-likeness (QED) is 0.437. The number of nitrogens with zero attached hydrogens (tertiary/aromatic N) is 3. The van der Waals surface area contributed by atoms with Crippen molar-refractivity contribution in [1.82, 2.24) is 0 Å². The molecule has 0 aliphatic heterocycles. The molecule has 86 valence electrons. The molecule has 7 nitrogen and oxygen atoms in total. The molecule has 0 spiro atoms. The first-order valence-corrected chi connectivity index (χ1v) is 4.49. The molecule has 0 aliphatic carbocycles. The van der Waals surface area contributed by atoms with Gasteiger partial charge in [-0.2, -0.15) is 0 Å². The van der Waals surface area contributed by atoms with Gasteiger partial charge in [0.1, 0.15) is 13.2 Å². The van der Waals surface area contributed by atoms with E-state index < -0.39 is 23.8 Å².